The monoisotopic (exact) mass is 1620 g/mol. The molecule has 0 amide bonds. The van der Waals surface area contributed by atoms with Gasteiger partial charge in [-0.2, -0.15) is 0 Å². The van der Waals surface area contributed by atoms with Crippen LogP contribution in [-0.4, -0.2) is 16.6 Å². The van der Waals surface area contributed by atoms with Gasteiger partial charge >= 0.3 is 0 Å². The molecule has 0 aromatic heterocycles. The molecule has 3 aliphatic carbocycles. The zero-order valence-electron chi connectivity index (χ0n) is 79.2. The van der Waals surface area contributed by atoms with Gasteiger partial charge in [-0.1, -0.05) is 321 Å². The van der Waals surface area contributed by atoms with Gasteiger partial charge in [-0.15, -0.1) is 0 Å². The molecule has 0 bridgehead atoms. The molecule has 0 fully saturated rings. The van der Waals surface area contributed by atoms with Crippen LogP contribution >= 0.6 is 0 Å². The van der Waals surface area contributed by atoms with E-state index in [9.17, 15) is 0 Å². The first kappa shape index (κ1) is 79.6. The Labute approximate surface area is 743 Å². The van der Waals surface area contributed by atoms with E-state index in [2.05, 4.69) is 475 Å². The van der Waals surface area contributed by atoms with Gasteiger partial charge in [0, 0.05) is 82.0 Å². The van der Waals surface area contributed by atoms with E-state index in [1.807, 2.05) is 18.2 Å². The van der Waals surface area contributed by atoms with E-state index >= 15 is 0 Å². The predicted molar refractivity (Wildman–Crippen MR) is 536 cm³/mol. The SMILES string of the molecule is Cc1cc2c(cc1-c1ccc(N(c3cc(-c4ccccc4)ccc3C)C(C)(C)C)c3ccccc13)C(C)(C)c1ccccc1-2.Cc1cc2c(cc1-c1ccccc1N(c1cc(-c3ccccc3)ccc1C)C(C)(C)C)C(C)(C)c1ccccc1-2.[2H]C([2H])([2H])c1cc2c(cc1-c1ccc(N(c3cc(-c4ccccc4)ccc3C)C(C)(C)C)cc1)C(C)(C)c1ccccc1-2. The number of hydrogen-bond acceptors (Lipinski definition) is 3. The maximum atomic E-state index is 8.45. The summed E-state index contributed by atoms with van der Waals surface area (Å²) in [6.45, 7) is 43.4. The number of rotatable bonds is 12. The van der Waals surface area contributed by atoms with Crippen LogP contribution in [0, 0.1) is 41.5 Å². The number of aryl methyl sites for hydroxylation is 6. The Hall–Kier alpha value is -12.8. The van der Waals surface area contributed by atoms with Crippen molar-refractivity contribution in [3.05, 3.63) is 406 Å². The van der Waals surface area contributed by atoms with Crippen LogP contribution in [0.25, 0.3) is 111 Å². The quantitative estimate of drug-likeness (QED) is 0.121. The van der Waals surface area contributed by atoms with Crippen molar-refractivity contribution in [3.63, 3.8) is 0 Å². The van der Waals surface area contributed by atoms with E-state index < -0.39 is 6.85 Å². The zero-order valence-corrected chi connectivity index (χ0v) is 76.2. The number of anilines is 6. The zero-order chi connectivity index (χ0) is 89.8. The number of hydrogen-bond donors (Lipinski definition) is 0. The Balaban J connectivity index is 0.000000134. The van der Waals surface area contributed by atoms with Crippen LogP contribution in [0.3, 0.4) is 0 Å². The molecule has 0 heterocycles. The second-order valence-corrected chi connectivity index (χ2v) is 39.2. The summed E-state index contributed by atoms with van der Waals surface area (Å²) in [7, 11) is 0. The Kier molecular flexibility index (Phi) is 20.6. The van der Waals surface area contributed by atoms with Crippen molar-refractivity contribution in [2.75, 3.05) is 14.7 Å². The maximum Gasteiger partial charge on any atom is 0.0495 e. The Morgan fingerprint density at radius 1 is 0.202 bits per heavy atom. The molecule has 124 heavy (non-hydrogen) atoms. The summed E-state index contributed by atoms with van der Waals surface area (Å²) < 4.78 is 25.4. The van der Waals surface area contributed by atoms with Crippen LogP contribution in [0.4, 0.5) is 34.1 Å². The Bertz CT molecular complexity index is 6880. The fourth-order valence-electron chi connectivity index (χ4n) is 20.3. The molecule has 19 rings (SSSR count). The lowest BCUT2D eigenvalue weighted by Crippen LogP contribution is -2.38. The molecule has 0 atom stereocenters. The van der Waals surface area contributed by atoms with Crippen molar-refractivity contribution in [1.29, 1.82) is 0 Å². The van der Waals surface area contributed by atoms with E-state index in [0.29, 0.717) is 5.56 Å². The molecule has 3 aliphatic rings. The fraction of sp³-hybridized carbons (Fsp3) is 0.223. The van der Waals surface area contributed by atoms with Gasteiger partial charge in [0.15, 0.2) is 0 Å². The highest BCUT2D eigenvalue weighted by atomic mass is 15.2. The molecule has 618 valence electrons. The smallest absolute Gasteiger partial charge is 0.0495 e. The van der Waals surface area contributed by atoms with Gasteiger partial charge in [0.2, 0.25) is 0 Å². The molecule has 0 N–H and O–H groups in total. The lowest BCUT2D eigenvalue weighted by molar-refractivity contribution is 0.559. The van der Waals surface area contributed by atoms with E-state index in [1.165, 1.54) is 173 Å². The highest BCUT2D eigenvalue weighted by molar-refractivity contribution is 6.06. The van der Waals surface area contributed by atoms with Crippen molar-refractivity contribution in [1.82, 2.24) is 0 Å². The second-order valence-electron chi connectivity index (χ2n) is 39.2. The van der Waals surface area contributed by atoms with Crippen molar-refractivity contribution >= 4 is 44.9 Å². The summed E-state index contributed by atoms with van der Waals surface area (Å²) in [5.41, 5.74) is 43.1. The Morgan fingerprint density at radius 2 is 0.524 bits per heavy atom. The summed E-state index contributed by atoms with van der Waals surface area (Å²) in [6, 6.07) is 123. The molecule has 3 nitrogen and oxygen atoms in total. The van der Waals surface area contributed by atoms with E-state index in [4.69, 9.17) is 4.11 Å². The van der Waals surface area contributed by atoms with E-state index in [0.717, 1.165) is 33.6 Å². The standard InChI is InChI=1S/C43H41N.2C39H39N/c1-28-21-22-31(30-15-9-8-10-16-30)26-41(28)44(42(3,4)5)40-24-23-33(32-17-11-12-19-35(32)40)36-27-39-37(25-29(36)2)34-18-13-14-20-38(34)43(39,6)7;1-26-21-22-29(28-15-9-8-10-16-28)24-37(26)40(38(3,4)5)36-20-14-12-18-31(36)32-25-35-33(23-27(32)2)30-17-11-13-19-34(30)39(35,6)7;1-26-17-18-30(28-13-9-8-10-14-28)24-37(26)40(38(3,4)5)31-21-19-29(20-22-31)33-25-36-34(23-27(33)2)32-15-11-12-16-35(32)39(36,6)7/h8-27H,1-7H3;2*8-25H,1-7H3/i;;2D3. The third-order valence-electron chi connectivity index (χ3n) is 26.6. The van der Waals surface area contributed by atoms with Gasteiger partial charge in [0.25, 0.3) is 0 Å². The molecule has 16 aromatic carbocycles. The first-order valence-electron chi connectivity index (χ1n) is 45.8. The van der Waals surface area contributed by atoms with Crippen LogP contribution < -0.4 is 14.7 Å². The highest BCUT2D eigenvalue weighted by Gasteiger charge is 2.40. The maximum absolute atomic E-state index is 8.45. The normalized spacial score (nSPS) is 14.0. The van der Waals surface area contributed by atoms with Crippen molar-refractivity contribution in [2.45, 2.75) is 178 Å². The summed E-state index contributed by atoms with van der Waals surface area (Å²) >= 11 is 0. The van der Waals surface area contributed by atoms with Crippen LogP contribution in [0.2, 0.25) is 0 Å². The first-order chi connectivity index (χ1) is 60.4. The fourth-order valence-corrected chi connectivity index (χ4v) is 20.3. The molecule has 0 aliphatic heterocycles. The van der Waals surface area contributed by atoms with Gasteiger partial charge in [-0.25, -0.2) is 0 Å². The molecule has 0 saturated heterocycles. The van der Waals surface area contributed by atoms with Crippen LogP contribution in [0.1, 0.15) is 175 Å². The number of fused-ring (bicyclic) bond motifs is 10. The van der Waals surface area contributed by atoms with Crippen LogP contribution in [0.15, 0.2) is 340 Å². The summed E-state index contributed by atoms with van der Waals surface area (Å²) in [5, 5.41) is 2.55. The van der Waals surface area contributed by atoms with Gasteiger partial charge in [-0.05, 0) is 331 Å². The number of para-hydroxylation sites is 1. The van der Waals surface area contributed by atoms with Gasteiger partial charge in [-0.3, -0.25) is 0 Å². The molecule has 0 radical (unpaired) electrons. The van der Waals surface area contributed by atoms with E-state index in [1.54, 1.807) is 0 Å². The molecule has 0 spiro atoms. The summed E-state index contributed by atoms with van der Waals surface area (Å²) in [4.78, 5) is 7.46. The lowest BCUT2D eigenvalue weighted by Gasteiger charge is -2.40. The minimum absolute atomic E-state index is 0.0333. The molecular formula is C121H119N3. The predicted octanol–water partition coefficient (Wildman–Crippen LogP) is 33.8. The number of nitrogens with zero attached hydrogens (tertiary/aromatic N) is 3. The topological polar surface area (TPSA) is 9.72 Å². The summed E-state index contributed by atoms with van der Waals surface area (Å²) in [6.07, 6.45) is 0. The largest absolute Gasteiger partial charge is 0.336 e. The molecule has 0 unspecified atom stereocenters. The van der Waals surface area contributed by atoms with Crippen molar-refractivity contribution < 1.29 is 4.11 Å². The third-order valence-corrected chi connectivity index (χ3v) is 26.6. The average Bonchev–Trinajstić information content (AvgIpc) is 1.60. The minimum atomic E-state index is -2.24. The molecule has 16 aromatic rings. The van der Waals surface area contributed by atoms with Gasteiger partial charge in [0.1, 0.15) is 0 Å². The second kappa shape index (κ2) is 32.1. The Morgan fingerprint density at radius 3 is 0.927 bits per heavy atom. The number of benzene rings is 16. The van der Waals surface area contributed by atoms with Gasteiger partial charge in [0.05, 0.1) is 0 Å². The lowest BCUT2D eigenvalue weighted by atomic mass is 9.80. The third kappa shape index (κ3) is 15.2. The molecule has 0 saturated carbocycles. The first-order valence-corrected chi connectivity index (χ1v) is 44.3. The molecular weight excluding hydrogens is 1500 g/mol. The highest BCUT2D eigenvalue weighted by Crippen LogP contribution is 2.56. The van der Waals surface area contributed by atoms with Crippen LogP contribution in [0.5, 0.6) is 0 Å². The van der Waals surface area contributed by atoms with E-state index in [-0.39, 0.29) is 32.9 Å². The van der Waals surface area contributed by atoms with Crippen molar-refractivity contribution in [2.24, 2.45) is 0 Å². The van der Waals surface area contributed by atoms with Crippen LogP contribution in [-0.2, 0) is 16.2 Å². The minimum Gasteiger partial charge on any atom is -0.336 e. The average molecular weight is 1620 g/mol. The molecule has 3 heteroatoms. The van der Waals surface area contributed by atoms with Crippen molar-refractivity contribution in [3.8, 4) is 100 Å². The summed E-state index contributed by atoms with van der Waals surface area (Å²) in [5.74, 6) is 0. The van der Waals surface area contributed by atoms with Gasteiger partial charge < -0.3 is 14.7 Å².